The van der Waals surface area contributed by atoms with Crippen molar-refractivity contribution >= 4 is 39.3 Å². The lowest BCUT2D eigenvalue weighted by Gasteiger charge is -2.30. The van der Waals surface area contributed by atoms with Crippen LogP contribution < -0.4 is 14.8 Å². The first-order valence-electron chi connectivity index (χ1n) is 10.2. The Morgan fingerprint density at radius 2 is 1.87 bits per heavy atom. The highest BCUT2D eigenvalue weighted by atomic mass is 79.9. The van der Waals surface area contributed by atoms with Gasteiger partial charge in [0, 0.05) is 18.1 Å². The molecular formula is C23H28BrClN2O4. The van der Waals surface area contributed by atoms with E-state index >= 15 is 0 Å². The summed E-state index contributed by atoms with van der Waals surface area (Å²) in [7, 11) is 1.60. The SMILES string of the molecule is CCCNC(=O)[C@H](CC)N(Cc1ccc(OC)cc1)C(=O)COc1ccc(Cl)cc1Br. The summed E-state index contributed by atoms with van der Waals surface area (Å²) < 4.78 is 11.6. The molecule has 0 unspecified atom stereocenters. The summed E-state index contributed by atoms with van der Waals surface area (Å²) in [5, 5.41) is 3.46. The molecule has 0 saturated carbocycles. The summed E-state index contributed by atoms with van der Waals surface area (Å²) in [6.07, 6.45) is 1.31. The molecule has 6 nitrogen and oxygen atoms in total. The molecule has 0 aliphatic rings. The maximum Gasteiger partial charge on any atom is 0.261 e. The van der Waals surface area contributed by atoms with Crippen LogP contribution in [0.1, 0.15) is 32.3 Å². The topological polar surface area (TPSA) is 67.9 Å². The zero-order valence-corrected chi connectivity index (χ0v) is 20.3. The third-order valence-corrected chi connectivity index (χ3v) is 5.55. The smallest absolute Gasteiger partial charge is 0.261 e. The number of methoxy groups -OCH3 is 1. The van der Waals surface area contributed by atoms with Crippen molar-refractivity contribution in [3.63, 3.8) is 0 Å². The maximum absolute atomic E-state index is 13.2. The minimum absolute atomic E-state index is 0.168. The van der Waals surface area contributed by atoms with E-state index in [4.69, 9.17) is 21.1 Å². The number of rotatable bonds is 11. The van der Waals surface area contributed by atoms with Crippen molar-refractivity contribution < 1.29 is 19.1 Å². The molecule has 0 fully saturated rings. The molecule has 2 amide bonds. The fourth-order valence-electron chi connectivity index (χ4n) is 3.03. The van der Waals surface area contributed by atoms with Crippen molar-refractivity contribution in [2.24, 2.45) is 0 Å². The van der Waals surface area contributed by atoms with Gasteiger partial charge >= 0.3 is 0 Å². The Hall–Kier alpha value is -2.25. The van der Waals surface area contributed by atoms with Crippen LogP contribution in [0.4, 0.5) is 0 Å². The Morgan fingerprint density at radius 1 is 1.16 bits per heavy atom. The van der Waals surface area contributed by atoms with Crippen LogP contribution in [0.3, 0.4) is 0 Å². The van der Waals surface area contributed by atoms with Gasteiger partial charge in [0.2, 0.25) is 5.91 Å². The van der Waals surface area contributed by atoms with E-state index in [9.17, 15) is 9.59 Å². The molecule has 2 aromatic carbocycles. The Labute approximate surface area is 197 Å². The molecule has 2 rings (SSSR count). The van der Waals surface area contributed by atoms with Crippen molar-refractivity contribution in [2.75, 3.05) is 20.3 Å². The predicted molar refractivity (Wildman–Crippen MR) is 126 cm³/mol. The number of amides is 2. The molecule has 1 atom stereocenters. The Morgan fingerprint density at radius 3 is 2.45 bits per heavy atom. The first-order chi connectivity index (χ1) is 14.9. The summed E-state index contributed by atoms with van der Waals surface area (Å²) >= 11 is 9.35. The summed E-state index contributed by atoms with van der Waals surface area (Å²) in [6, 6.07) is 11.9. The molecule has 0 bridgehead atoms. The number of hydrogen-bond acceptors (Lipinski definition) is 4. The van der Waals surface area contributed by atoms with E-state index in [1.165, 1.54) is 0 Å². The molecule has 0 aromatic heterocycles. The quantitative estimate of drug-likeness (QED) is 0.469. The highest BCUT2D eigenvalue weighted by Crippen LogP contribution is 2.28. The Kier molecular flexibility index (Phi) is 10.1. The van der Waals surface area contributed by atoms with Gasteiger partial charge in [0.1, 0.15) is 17.5 Å². The molecule has 0 saturated heterocycles. The summed E-state index contributed by atoms with van der Waals surface area (Å²) in [5.41, 5.74) is 0.892. The van der Waals surface area contributed by atoms with Crippen LogP contribution in [0.15, 0.2) is 46.9 Å². The standard InChI is InChI=1S/C23H28BrClN2O4/c1-4-12-26-23(29)20(5-2)27(14-16-6-9-18(30-3)10-7-16)22(28)15-31-21-11-8-17(25)13-19(21)24/h6-11,13,20H,4-5,12,14-15H2,1-3H3,(H,26,29)/t20-/m0/s1. The zero-order chi connectivity index (χ0) is 22.8. The van der Waals surface area contributed by atoms with Gasteiger partial charge in [-0.25, -0.2) is 0 Å². The highest BCUT2D eigenvalue weighted by Gasteiger charge is 2.28. The molecule has 1 N–H and O–H groups in total. The lowest BCUT2D eigenvalue weighted by atomic mass is 10.1. The van der Waals surface area contributed by atoms with Gasteiger partial charge in [-0.05, 0) is 64.7 Å². The second kappa shape index (κ2) is 12.6. The highest BCUT2D eigenvalue weighted by molar-refractivity contribution is 9.10. The predicted octanol–water partition coefficient (Wildman–Crippen LogP) is 4.82. The van der Waals surface area contributed by atoms with Gasteiger partial charge in [0.15, 0.2) is 6.61 Å². The Balaban J connectivity index is 2.20. The monoisotopic (exact) mass is 510 g/mol. The van der Waals surface area contributed by atoms with E-state index in [2.05, 4.69) is 21.2 Å². The zero-order valence-electron chi connectivity index (χ0n) is 18.0. The summed E-state index contributed by atoms with van der Waals surface area (Å²) in [5.74, 6) is 0.783. The number of carbonyl (C=O) groups is 2. The second-order valence-electron chi connectivity index (χ2n) is 6.95. The molecule has 0 spiro atoms. The van der Waals surface area contributed by atoms with Gasteiger partial charge in [0.05, 0.1) is 11.6 Å². The first-order valence-corrected chi connectivity index (χ1v) is 11.3. The fourth-order valence-corrected chi connectivity index (χ4v) is 3.82. The molecule has 0 aliphatic heterocycles. The maximum atomic E-state index is 13.2. The van der Waals surface area contributed by atoms with Crippen molar-refractivity contribution in [1.82, 2.24) is 10.2 Å². The van der Waals surface area contributed by atoms with Crippen LogP contribution in [0.25, 0.3) is 0 Å². The lowest BCUT2D eigenvalue weighted by molar-refractivity contribution is -0.143. The largest absolute Gasteiger partial charge is 0.497 e. The van der Waals surface area contributed by atoms with E-state index < -0.39 is 6.04 Å². The van der Waals surface area contributed by atoms with Crippen LogP contribution in [-0.4, -0.2) is 43.0 Å². The fraction of sp³-hybridized carbons (Fsp3) is 0.391. The van der Waals surface area contributed by atoms with E-state index in [1.807, 2.05) is 38.1 Å². The van der Waals surface area contributed by atoms with Gasteiger partial charge in [-0.2, -0.15) is 0 Å². The van der Waals surface area contributed by atoms with Crippen molar-refractivity contribution in [3.8, 4) is 11.5 Å². The molecule has 2 aromatic rings. The molecule has 31 heavy (non-hydrogen) atoms. The first kappa shape index (κ1) is 25.0. The number of benzene rings is 2. The summed E-state index contributed by atoms with van der Waals surface area (Å²) in [4.78, 5) is 27.5. The molecule has 8 heteroatoms. The van der Waals surface area contributed by atoms with Gasteiger partial charge < -0.3 is 19.7 Å². The minimum Gasteiger partial charge on any atom is -0.497 e. The van der Waals surface area contributed by atoms with E-state index in [0.29, 0.717) is 28.2 Å². The van der Waals surface area contributed by atoms with Gasteiger partial charge in [0.25, 0.3) is 5.91 Å². The average molecular weight is 512 g/mol. The van der Waals surface area contributed by atoms with Crippen LogP contribution in [0.5, 0.6) is 11.5 Å². The third kappa shape index (κ3) is 7.43. The number of nitrogens with zero attached hydrogens (tertiary/aromatic N) is 1. The van der Waals surface area contributed by atoms with Crippen LogP contribution >= 0.6 is 27.5 Å². The van der Waals surface area contributed by atoms with Crippen molar-refractivity contribution in [3.05, 3.63) is 57.5 Å². The molecule has 0 aliphatic carbocycles. The van der Waals surface area contributed by atoms with Crippen molar-refractivity contribution in [2.45, 2.75) is 39.3 Å². The number of halogens is 2. The van der Waals surface area contributed by atoms with E-state index in [0.717, 1.165) is 17.7 Å². The normalized spacial score (nSPS) is 11.5. The van der Waals surface area contributed by atoms with Crippen LogP contribution in [0.2, 0.25) is 5.02 Å². The lowest BCUT2D eigenvalue weighted by Crippen LogP contribution is -2.50. The number of ether oxygens (including phenoxy) is 2. The van der Waals surface area contributed by atoms with E-state index in [-0.39, 0.29) is 25.0 Å². The van der Waals surface area contributed by atoms with Gasteiger partial charge in [-0.1, -0.05) is 37.6 Å². The molecule has 168 valence electrons. The summed E-state index contributed by atoms with van der Waals surface area (Å²) in [6.45, 7) is 4.52. The van der Waals surface area contributed by atoms with Crippen LogP contribution in [0, 0.1) is 0 Å². The molecule has 0 heterocycles. The number of hydrogen-bond donors (Lipinski definition) is 1. The molecular weight excluding hydrogens is 484 g/mol. The van der Waals surface area contributed by atoms with Crippen molar-refractivity contribution in [1.29, 1.82) is 0 Å². The number of carbonyl (C=O) groups excluding carboxylic acids is 2. The van der Waals surface area contributed by atoms with E-state index in [1.54, 1.807) is 30.2 Å². The average Bonchev–Trinajstić information content (AvgIpc) is 2.77. The van der Waals surface area contributed by atoms with Gasteiger partial charge in [-0.15, -0.1) is 0 Å². The molecule has 0 radical (unpaired) electrons. The third-order valence-electron chi connectivity index (χ3n) is 4.69. The number of nitrogens with one attached hydrogen (secondary N) is 1. The van der Waals surface area contributed by atoms with Gasteiger partial charge in [-0.3, -0.25) is 9.59 Å². The van der Waals surface area contributed by atoms with Crippen LogP contribution in [-0.2, 0) is 16.1 Å². The second-order valence-corrected chi connectivity index (χ2v) is 8.24. The Bertz CT molecular complexity index is 876. The minimum atomic E-state index is -0.599.